The molecule has 0 saturated heterocycles. The number of hydrogen-bond donors (Lipinski definition) is 2. The highest BCUT2D eigenvalue weighted by atomic mass is 79.9. The molecule has 0 fully saturated rings. The average Bonchev–Trinajstić information content (AvgIpc) is 2.29. The van der Waals surface area contributed by atoms with Crippen molar-refractivity contribution in [1.82, 2.24) is 5.32 Å². The lowest BCUT2D eigenvalue weighted by Gasteiger charge is -2.17. The molecule has 1 aromatic rings. The van der Waals surface area contributed by atoms with Crippen molar-refractivity contribution in [1.29, 1.82) is 0 Å². The Kier molecular flexibility index (Phi) is 5.68. The number of anilines is 1. The van der Waals surface area contributed by atoms with Crippen LogP contribution < -0.4 is 10.6 Å². The zero-order chi connectivity index (χ0) is 15.3. The molecule has 0 aliphatic heterocycles. The minimum atomic E-state index is -0.525. The first-order valence-electron chi connectivity index (χ1n) is 6.19. The van der Waals surface area contributed by atoms with Gasteiger partial charge in [-0.25, -0.2) is 4.39 Å². The fourth-order valence-corrected chi connectivity index (χ4v) is 1.87. The van der Waals surface area contributed by atoms with Crippen molar-refractivity contribution in [2.24, 2.45) is 5.41 Å². The summed E-state index contributed by atoms with van der Waals surface area (Å²) >= 11 is 3.19. The number of halogens is 2. The largest absolute Gasteiger partial charge is 0.347 e. The lowest BCUT2D eigenvalue weighted by Crippen LogP contribution is -2.34. The standard InChI is InChI=1S/C14H18BrFN2O2/c1-14(2,3)7-12(19)17-8-13(20)18-11-6-9(15)4-5-10(11)16/h4-6H,7-8H2,1-3H3,(H,17,19)(H,18,20). The van der Waals surface area contributed by atoms with Crippen molar-refractivity contribution in [2.75, 3.05) is 11.9 Å². The Labute approximate surface area is 126 Å². The van der Waals surface area contributed by atoms with Gasteiger partial charge in [0.25, 0.3) is 0 Å². The van der Waals surface area contributed by atoms with Gasteiger partial charge in [0.1, 0.15) is 5.82 Å². The molecule has 0 bridgehead atoms. The van der Waals surface area contributed by atoms with Crippen LogP contribution in [0, 0.1) is 11.2 Å². The van der Waals surface area contributed by atoms with Gasteiger partial charge >= 0.3 is 0 Å². The van der Waals surface area contributed by atoms with E-state index in [0.29, 0.717) is 10.9 Å². The second-order valence-corrected chi connectivity index (χ2v) is 6.60. The van der Waals surface area contributed by atoms with Crippen LogP contribution in [0.5, 0.6) is 0 Å². The summed E-state index contributed by atoms with van der Waals surface area (Å²) in [6, 6.07) is 4.25. The number of carbonyl (C=O) groups excluding carboxylic acids is 2. The number of nitrogens with one attached hydrogen (secondary N) is 2. The summed E-state index contributed by atoms with van der Waals surface area (Å²) < 4.78 is 14.1. The molecule has 0 aliphatic carbocycles. The van der Waals surface area contributed by atoms with E-state index in [1.54, 1.807) is 0 Å². The molecule has 2 amide bonds. The summed E-state index contributed by atoms with van der Waals surface area (Å²) in [5, 5.41) is 4.92. The van der Waals surface area contributed by atoms with Crippen LogP contribution in [0.15, 0.2) is 22.7 Å². The van der Waals surface area contributed by atoms with Crippen molar-refractivity contribution in [2.45, 2.75) is 27.2 Å². The highest BCUT2D eigenvalue weighted by Gasteiger charge is 2.16. The van der Waals surface area contributed by atoms with E-state index in [0.717, 1.165) is 0 Å². The summed E-state index contributed by atoms with van der Waals surface area (Å²) in [6.07, 6.45) is 0.325. The first-order valence-corrected chi connectivity index (χ1v) is 6.98. The van der Waals surface area contributed by atoms with Gasteiger partial charge in [-0.2, -0.15) is 0 Å². The topological polar surface area (TPSA) is 58.2 Å². The lowest BCUT2D eigenvalue weighted by molar-refractivity contribution is -0.125. The van der Waals surface area contributed by atoms with Crippen molar-refractivity contribution < 1.29 is 14.0 Å². The van der Waals surface area contributed by atoms with E-state index in [2.05, 4.69) is 26.6 Å². The van der Waals surface area contributed by atoms with Crippen LogP contribution in [0.25, 0.3) is 0 Å². The first kappa shape index (κ1) is 16.6. The van der Waals surface area contributed by atoms with Crippen LogP contribution >= 0.6 is 15.9 Å². The monoisotopic (exact) mass is 344 g/mol. The SMILES string of the molecule is CC(C)(C)CC(=O)NCC(=O)Nc1cc(Br)ccc1F. The summed E-state index contributed by atoms with van der Waals surface area (Å²) in [5.74, 6) is -1.20. The molecular formula is C14H18BrFN2O2. The molecule has 0 radical (unpaired) electrons. The van der Waals surface area contributed by atoms with Gasteiger partial charge in [0.2, 0.25) is 11.8 Å². The second-order valence-electron chi connectivity index (χ2n) is 5.69. The number of rotatable bonds is 4. The Bertz CT molecular complexity index is 512. The van der Waals surface area contributed by atoms with Gasteiger partial charge in [0.15, 0.2) is 0 Å². The summed E-state index contributed by atoms with van der Waals surface area (Å²) in [7, 11) is 0. The quantitative estimate of drug-likeness (QED) is 0.881. The number of benzene rings is 1. The smallest absolute Gasteiger partial charge is 0.243 e. The molecule has 1 rings (SSSR count). The molecule has 0 aromatic heterocycles. The Balaban J connectivity index is 2.48. The molecule has 0 spiro atoms. The molecule has 6 heteroatoms. The van der Waals surface area contributed by atoms with Crippen LogP contribution in [0.1, 0.15) is 27.2 Å². The predicted octanol–water partition coefficient (Wildman–Crippen LogP) is 3.08. The van der Waals surface area contributed by atoms with Crippen LogP contribution in [-0.2, 0) is 9.59 Å². The van der Waals surface area contributed by atoms with E-state index in [9.17, 15) is 14.0 Å². The first-order chi connectivity index (χ1) is 9.17. The Morgan fingerprint density at radius 2 is 1.90 bits per heavy atom. The molecule has 20 heavy (non-hydrogen) atoms. The Hall–Kier alpha value is -1.43. The average molecular weight is 345 g/mol. The maximum atomic E-state index is 13.4. The normalized spacial score (nSPS) is 11.1. The second kappa shape index (κ2) is 6.83. The number of carbonyl (C=O) groups is 2. The van der Waals surface area contributed by atoms with Crippen LogP contribution in [-0.4, -0.2) is 18.4 Å². The highest BCUT2D eigenvalue weighted by Crippen LogP contribution is 2.20. The third-order valence-electron chi connectivity index (χ3n) is 2.34. The summed E-state index contributed by atoms with van der Waals surface area (Å²) in [6.45, 7) is 5.62. The highest BCUT2D eigenvalue weighted by molar-refractivity contribution is 9.10. The van der Waals surface area contributed by atoms with E-state index in [1.165, 1.54) is 18.2 Å². The van der Waals surface area contributed by atoms with E-state index in [4.69, 9.17) is 0 Å². The minimum Gasteiger partial charge on any atom is -0.347 e. The fourth-order valence-electron chi connectivity index (χ4n) is 1.51. The molecule has 0 saturated carbocycles. The summed E-state index contributed by atoms with van der Waals surface area (Å²) in [4.78, 5) is 23.2. The maximum absolute atomic E-state index is 13.4. The van der Waals surface area contributed by atoms with Gasteiger partial charge in [-0.15, -0.1) is 0 Å². The van der Waals surface area contributed by atoms with E-state index < -0.39 is 11.7 Å². The minimum absolute atomic E-state index is 0.0782. The van der Waals surface area contributed by atoms with Gasteiger partial charge in [0, 0.05) is 10.9 Å². The van der Waals surface area contributed by atoms with Gasteiger partial charge in [-0.3, -0.25) is 9.59 Å². The van der Waals surface area contributed by atoms with Gasteiger partial charge in [0.05, 0.1) is 12.2 Å². The van der Waals surface area contributed by atoms with Crippen LogP contribution in [0.2, 0.25) is 0 Å². The molecule has 4 nitrogen and oxygen atoms in total. The zero-order valence-electron chi connectivity index (χ0n) is 11.7. The summed E-state index contributed by atoms with van der Waals surface area (Å²) in [5.41, 5.74) is -0.0637. The van der Waals surface area contributed by atoms with Crippen molar-refractivity contribution in [3.63, 3.8) is 0 Å². The molecule has 2 N–H and O–H groups in total. The zero-order valence-corrected chi connectivity index (χ0v) is 13.3. The molecular weight excluding hydrogens is 327 g/mol. The number of amides is 2. The molecule has 0 atom stereocenters. The van der Waals surface area contributed by atoms with Crippen LogP contribution in [0.4, 0.5) is 10.1 Å². The molecule has 1 aromatic carbocycles. The van der Waals surface area contributed by atoms with Gasteiger partial charge < -0.3 is 10.6 Å². The van der Waals surface area contributed by atoms with E-state index in [1.807, 2.05) is 20.8 Å². The number of hydrogen-bond acceptors (Lipinski definition) is 2. The Morgan fingerprint density at radius 1 is 1.25 bits per heavy atom. The van der Waals surface area contributed by atoms with Crippen molar-refractivity contribution >= 4 is 33.4 Å². The van der Waals surface area contributed by atoms with Gasteiger partial charge in [-0.1, -0.05) is 36.7 Å². The molecule has 110 valence electrons. The fraction of sp³-hybridized carbons (Fsp3) is 0.429. The molecule has 0 unspecified atom stereocenters. The van der Waals surface area contributed by atoms with E-state index >= 15 is 0 Å². The molecule has 0 aliphatic rings. The predicted molar refractivity (Wildman–Crippen MR) is 79.8 cm³/mol. The Morgan fingerprint density at radius 3 is 2.50 bits per heavy atom. The van der Waals surface area contributed by atoms with Gasteiger partial charge in [-0.05, 0) is 23.6 Å². The van der Waals surface area contributed by atoms with E-state index in [-0.39, 0.29) is 23.6 Å². The van der Waals surface area contributed by atoms with Crippen LogP contribution in [0.3, 0.4) is 0 Å². The maximum Gasteiger partial charge on any atom is 0.243 e. The lowest BCUT2D eigenvalue weighted by atomic mass is 9.92. The third-order valence-corrected chi connectivity index (χ3v) is 2.83. The third kappa shape index (κ3) is 6.14. The van der Waals surface area contributed by atoms with Crippen molar-refractivity contribution in [3.05, 3.63) is 28.5 Å². The molecule has 0 heterocycles. The van der Waals surface area contributed by atoms with Crippen molar-refractivity contribution in [3.8, 4) is 0 Å².